The van der Waals surface area contributed by atoms with Gasteiger partial charge in [0.1, 0.15) is 5.70 Å². The first-order chi connectivity index (χ1) is 7.90. The van der Waals surface area contributed by atoms with E-state index in [1.165, 1.54) is 19.1 Å². The van der Waals surface area contributed by atoms with E-state index in [9.17, 15) is 9.59 Å². The first-order valence-corrected chi connectivity index (χ1v) is 5.33. The van der Waals surface area contributed by atoms with Crippen LogP contribution in [0.25, 0.3) is 6.08 Å². The molecule has 0 radical (unpaired) electrons. The van der Waals surface area contributed by atoms with Crippen molar-refractivity contribution in [3.8, 4) is 0 Å². The fourth-order valence-corrected chi connectivity index (χ4v) is 1.58. The van der Waals surface area contributed by atoms with E-state index in [4.69, 9.17) is 28.3 Å². The predicted molar refractivity (Wildman–Crippen MR) is 65.9 cm³/mol. The Kier molecular flexibility index (Phi) is 4.54. The van der Waals surface area contributed by atoms with Gasteiger partial charge in [-0.25, -0.2) is 4.79 Å². The fraction of sp³-hybridized carbons (Fsp3) is 0.0909. The molecule has 4 nitrogen and oxygen atoms in total. The molecule has 0 spiro atoms. The van der Waals surface area contributed by atoms with Gasteiger partial charge in [0.2, 0.25) is 5.91 Å². The Morgan fingerprint density at radius 3 is 2.47 bits per heavy atom. The highest BCUT2D eigenvalue weighted by Gasteiger charge is 2.10. The van der Waals surface area contributed by atoms with Gasteiger partial charge in [-0.15, -0.1) is 0 Å². The molecule has 90 valence electrons. The van der Waals surface area contributed by atoms with Crippen LogP contribution in [-0.4, -0.2) is 17.0 Å². The van der Waals surface area contributed by atoms with Crippen LogP contribution in [0.15, 0.2) is 23.9 Å². The maximum Gasteiger partial charge on any atom is 0.352 e. The molecular formula is C11H9Cl2NO3. The van der Waals surface area contributed by atoms with Gasteiger partial charge in [0, 0.05) is 17.0 Å². The molecule has 0 aliphatic heterocycles. The minimum absolute atomic E-state index is 0.248. The fourth-order valence-electron chi connectivity index (χ4n) is 1.11. The normalized spacial score (nSPS) is 11.1. The summed E-state index contributed by atoms with van der Waals surface area (Å²) in [7, 11) is 0. The molecule has 0 bridgehead atoms. The number of carbonyl (C=O) groups is 2. The molecule has 0 aliphatic carbocycles. The second-order valence-electron chi connectivity index (χ2n) is 3.21. The molecule has 0 aliphatic rings. The largest absolute Gasteiger partial charge is 0.477 e. The molecule has 0 fully saturated rings. The Hall–Kier alpha value is -1.52. The lowest BCUT2D eigenvalue weighted by Crippen LogP contribution is -2.24. The zero-order valence-corrected chi connectivity index (χ0v) is 10.3. The van der Waals surface area contributed by atoms with Crippen LogP contribution in [0.5, 0.6) is 0 Å². The number of aliphatic carboxylic acids is 1. The molecule has 0 saturated carbocycles. The zero-order valence-electron chi connectivity index (χ0n) is 8.83. The summed E-state index contributed by atoms with van der Waals surface area (Å²) in [6, 6.07) is 4.63. The van der Waals surface area contributed by atoms with Crippen molar-refractivity contribution in [2.75, 3.05) is 0 Å². The molecule has 2 N–H and O–H groups in total. The van der Waals surface area contributed by atoms with Crippen LogP contribution >= 0.6 is 23.2 Å². The smallest absolute Gasteiger partial charge is 0.352 e. The predicted octanol–water partition coefficient (Wildman–Crippen LogP) is 2.56. The SMILES string of the molecule is CC(=O)NC(=Cc1ccc(Cl)cc1Cl)C(=O)O. The van der Waals surface area contributed by atoms with E-state index in [-0.39, 0.29) is 5.70 Å². The van der Waals surface area contributed by atoms with Gasteiger partial charge in [0.15, 0.2) is 0 Å². The molecule has 17 heavy (non-hydrogen) atoms. The van der Waals surface area contributed by atoms with Gasteiger partial charge in [0.25, 0.3) is 0 Å². The standard InChI is InChI=1S/C11H9Cl2NO3/c1-6(15)14-10(11(16)17)4-7-2-3-8(12)5-9(7)13/h2-5H,1H3,(H,14,15)(H,16,17). The van der Waals surface area contributed by atoms with Crippen LogP contribution in [0, 0.1) is 0 Å². The summed E-state index contributed by atoms with van der Waals surface area (Å²) in [6.07, 6.45) is 1.27. The van der Waals surface area contributed by atoms with Crippen LogP contribution in [0.2, 0.25) is 10.0 Å². The molecule has 0 heterocycles. The molecule has 1 rings (SSSR count). The summed E-state index contributed by atoms with van der Waals surface area (Å²) in [5.41, 5.74) is 0.212. The van der Waals surface area contributed by atoms with Crippen molar-refractivity contribution in [1.29, 1.82) is 0 Å². The van der Waals surface area contributed by atoms with Crippen molar-refractivity contribution < 1.29 is 14.7 Å². The highest BCUT2D eigenvalue weighted by Crippen LogP contribution is 2.22. The van der Waals surface area contributed by atoms with Crippen LogP contribution < -0.4 is 5.32 Å². The number of rotatable bonds is 3. The average Bonchev–Trinajstić information content (AvgIpc) is 2.19. The van der Waals surface area contributed by atoms with Gasteiger partial charge in [-0.2, -0.15) is 0 Å². The number of hydrogen-bond acceptors (Lipinski definition) is 2. The molecule has 0 atom stereocenters. The molecule has 0 aromatic heterocycles. The minimum Gasteiger partial charge on any atom is -0.477 e. The number of halogens is 2. The second kappa shape index (κ2) is 5.70. The number of benzene rings is 1. The van der Waals surface area contributed by atoms with Gasteiger partial charge in [-0.1, -0.05) is 29.3 Å². The Morgan fingerprint density at radius 1 is 1.35 bits per heavy atom. The maximum absolute atomic E-state index is 10.9. The molecule has 1 amide bonds. The number of carbonyl (C=O) groups excluding carboxylic acids is 1. The van der Waals surface area contributed by atoms with Crippen molar-refractivity contribution in [2.45, 2.75) is 6.92 Å². The monoisotopic (exact) mass is 273 g/mol. The molecular weight excluding hydrogens is 265 g/mol. The first-order valence-electron chi connectivity index (χ1n) is 4.58. The summed E-state index contributed by atoms with van der Waals surface area (Å²) in [5.74, 6) is -1.71. The van der Waals surface area contributed by atoms with Crippen LogP contribution in [0.3, 0.4) is 0 Å². The van der Waals surface area contributed by atoms with Crippen molar-refractivity contribution in [3.05, 3.63) is 39.5 Å². The Balaban J connectivity index is 3.12. The van der Waals surface area contributed by atoms with E-state index in [0.717, 1.165) is 0 Å². The second-order valence-corrected chi connectivity index (χ2v) is 4.05. The van der Waals surface area contributed by atoms with Crippen molar-refractivity contribution in [1.82, 2.24) is 5.32 Å². The third-order valence-electron chi connectivity index (χ3n) is 1.80. The van der Waals surface area contributed by atoms with Gasteiger partial charge >= 0.3 is 5.97 Å². The van der Waals surface area contributed by atoms with E-state index < -0.39 is 11.9 Å². The summed E-state index contributed by atoms with van der Waals surface area (Å²) >= 11 is 11.6. The van der Waals surface area contributed by atoms with E-state index in [1.807, 2.05) is 0 Å². The van der Waals surface area contributed by atoms with Gasteiger partial charge in [-0.3, -0.25) is 4.79 Å². The van der Waals surface area contributed by atoms with E-state index in [2.05, 4.69) is 5.32 Å². The molecule has 0 saturated heterocycles. The highest BCUT2D eigenvalue weighted by molar-refractivity contribution is 6.35. The molecule has 1 aromatic rings. The Labute approximate surface area is 108 Å². The maximum atomic E-state index is 10.9. The summed E-state index contributed by atoms with van der Waals surface area (Å²) in [4.78, 5) is 21.7. The lowest BCUT2D eigenvalue weighted by Gasteiger charge is -2.04. The summed E-state index contributed by atoms with van der Waals surface area (Å²) in [5, 5.41) is 11.8. The lowest BCUT2D eigenvalue weighted by atomic mass is 10.2. The topological polar surface area (TPSA) is 66.4 Å². The lowest BCUT2D eigenvalue weighted by molar-refractivity contribution is -0.134. The van der Waals surface area contributed by atoms with E-state index in [0.29, 0.717) is 15.6 Å². The van der Waals surface area contributed by atoms with E-state index in [1.54, 1.807) is 12.1 Å². The Bertz CT molecular complexity index is 497. The van der Waals surface area contributed by atoms with Crippen LogP contribution in [0.1, 0.15) is 12.5 Å². The van der Waals surface area contributed by atoms with Crippen molar-refractivity contribution in [2.24, 2.45) is 0 Å². The third kappa shape index (κ3) is 4.09. The van der Waals surface area contributed by atoms with Gasteiger partial charge < -0.3 is 10.4 Å². The zero-order chi connectivity index (χ0) is 13.0. The van der Waals surface area contributed by atoms with Gasteiger partial charge in [-0.05, 0) is 23.8 Å². The highest BCUT2D eigenvalue weighted by atomic mass is 35.5. The number of amides is 1. The summed E-state index contributed by atoms with van der Waals surface area (Å²) in [6.45, 7) is 1.22. The quantitative estimate of drug-likeness (QED) is 0.832. The van der Waals surface area contributed by atoms with Crippen molar-refractivity contribution >= 4 is 41.2 Å². The average molecular weight is 274 g/mol. The van der Waals surface area contributed by atoms with Crippen LogP contribution in [-0.2, 0) is 9.59 Å². The number of carboxylic acids is 1. The first kappa shape index (κ1) is 13.5. The summed E-state index contributed by atoms with van der Waals surface area (Å²) < 4.78 is 0. The van der Waals surface area contributed by atoms with Crippen molar-refractivity contribution in [3.63, 3.8) is 0 Å². The molecule has 0 unspecified atom stereocenters. The molecule has 1 aromatic carbocycles. The molecule has 6 heteroatoms. The van der Waals surface area contributed by atoms with E-state index >= 15 is 0 Å². The number of nitrogens with one attached hydrogen (secondary N) is 1. The number of carboxylic acid groups (broad SMARTS) is 1. The van der Waals surface area contributed by atoms with Gasteiger partial charge in [0.05, 0.1) is 0 Å². The minimum atomic E-state index is -1.24. The Morgan fingerprint density at radius 2 is 2.00 bits per heavy atom. The third-order valence-corrected chi connectivity index (χ3v) is 2.37. The number of hydrogen-bond donors (Lipinski definition) is 2. The van der Waals surface area contributed by atoms with Crippen LogP contribution in [0.4, 0.5) is 0 Å².